The fourth-order valence-corrected chi connectivity index (χ4v) is 2.66. The number of fused-ring (bicyclic) bond motifs is 1. The number of hydrogen-bond acceptors (Lipinski definition) is 3. The SMILES string of the molecule is O=C(c1ccc2c(c1)C(=O)NCCO2)c1ccccc1Br. The van der Waals surface area contributed by atoms with E-state index >= 15 is 0 Å². The van der Waals surface area contributed by atoms with Gasteiger partial charge in [0.25, 0.3) is 5.91 Å². The largest absolute Gasteiger partial charge is 0.491 e. The van der Waals surface area contributed by atoms with Crippen molar-refractivity contribution in [3.05, 3.63) is 63.6 Å². The van der Waals surface area contributed by atoms with Gasteiger partial charge in [0.15, 0.2) is 5.78 Å². The molecule has 1 aliphatic rings. The molecule has 0 unspecified atom stereocenters. The second-order valence-electron chi connectivity index (χ2n) is 4.62. The molecular weight excluding hydrogens is 334 g/mol. The van der Waals surface area contributed by atoms with Crippen LogP contribution >= 0.6 is 15.9 Å². The summed E-state index contributed by atoms with van der Waals surface area (Å²) in [6, 6.07) is 12.1. The summed E-state index contributed by atoms with van der Waals surface area (Å²) < 4.78 is 6.21. The molecule has 0 radical (unpaired) electrons. The first-order chi connectivity index (χ1) is 10.2. The highest BCUT2D eigenvalue weighted by Gasteiger charge is 2.20. The fourth-order valence-electron chi connectivity index (χ4n) is 2.20. The number of benzene rings is 2. The number of amides is 1. The minimum atomic E-state index is -0.218. The smallest absolute Gasteiger partial charge is 0.255 e. The van der Waals surface area contributed by atoms with Gasteiger partial charge in [-0.25, -0.2) is 0 Å². The van der Waals surface area contributed by atoms with E-state index in [0.717, 1.165) is 4.47 Å². The summed E-state index contributed by atoms with van der Waals surface area (Å²) in [6.45, 7) is 0.886. The van der Waals surface area contributed by atoms with E-state index in [4.69, 9.17) is 4.74 Å². The molecule has 0 aromatic heterocycles. The van der Waals surface area contributed by atoms with E-state index in [9.17, 15) is 9.59 Å². The van der Waals surface area contributed by atoms with Gasteiger partial charge in [0.1, 0.15) is 12.4 Å². The van der Waals surface area contributed by atoms with Crippen molar-refractivity contribution >= 4 is 27.6 Å². The van der Waals surface area contributed by atoms with Crippen molar-refractivity contribution in [2.45, 2.75) is 0 Å². The summed E-state index contributed by atoms with van der Waals surface area (Å²) in [5, 5.41) is 2.73. The zero-order chi connectivity index (χ0) is 14.8. The van der Waals surface area contributed by atoms with Gasteiger partial charge < -0.3 is 10.1 Å². The molecule has 0 spiro atoms. The van der Waals surface area contributed by atoms with Gasteiger partial charge in [-0.15, -0.1) is 0 Å². The number of carbonyl (C=O) groups is 2. The number of nitrogens with one attached hydrogen (secondary N) is 1. The van der Waals surface area contributed by atoms with Crippen LogP contribution in [0.4, 0.5) is 0 Å². The lowest BCUT2D eigenvalue weighted by atomic mass is 10.0. The summed E-state index contributed by atoms with van der Waals surface area (Å²) in [5.74, 6) is 0.153. The Kier molecular flexibility index (Phi) is 3.75. The summed E-state index contributed by atoms with van der Waals surface area (Å²) in [7, 11) is 0. The lowest BCUT2D eigenvalue weighted by molar-refractivity contribution is 0.0957. The maximum Gasteiger partial charge on any atom is 0.255 e. The lowest BCUT2D eigenvalue weighted by Crippen LogP contribution is -2.24. The molecule has 1 aliphatic heterocycles. The monoisotopic (exact) mass is 345 g/mol. The standard InChI is InChI=1S/C16H12BrNO3/c17-13-4-2-1-3-11(13)15(19)10-5-6-14-12(9-10)16(20)18-7-8-21-14/h1-6,9H,7-8H2,(H,18,20). The molecule has 1 amide bonds. The number of halogens is 1. The molecule has 0 saturated carbocycles. The van der Waals surface area contributed by atoms with Crippen LogP contribution in [0.1, 0.15) is 26.3 Å². The Morgan fingerprint density at radius 1 is 1.19 bits per heavy atom. The number of rotatable bonds is 2. The Balaban J connectivity index is 2.02. The molecule has 5 heteroatoms. The van der Waals surface area contributed by atoms with Gasteiger partial charge in [0.05, 0.1) is 12.1 Å². The number of ketones is 1. The second kappa shape index (κ2) is 5.69. The Morgan fingerprint density at radius 2 is 2.00 bits per heavy atom. The molecule has 0 fully saturated rings. The maximum atomic E-state index is 12.5. The predicted octanol–water partition coefficient (Wildman–Crippen LogP) is 2.80. The summed E-state index contributed by atoms with van der Waals surface area (Å²) in [4.78, 5) is 24.5. The summed E-state index contributed by atoms with van der Waals surface area (Å²) in [5.41, 5.74) is 1.42. The third-order valence-electron chi connectivity index (χ3n) is 3.25. The molecule has 1 N–H and O–H groups in total. The highest BCUT2D eigenvalue weighted by atomic mass is 79.9. The highest BCUT2D eigenvalue weighted by molar-refractivity contribution is 9.10. The van der Waals surface area contributed by atoms with Crippen LogP contribution in [-0.4, -0.2) is 24.8 Å². The first-order valence-corrected chi connectivity index (χ1v) is 7.30. The molecule has 106 valence electrons. The average molecular weight is 346 g/mol. The first kappa shape index (κ1) is 13.8. The molecule has 4 nitrogen and oxygen atoms in total. The minimum Gasteiger partial charge on any atom is -0.491 e. The molecule has 0 atom stereocenters. The van der Waals surface area contributed by atoms with E-state index in [1.165, 1.54) is 0 Å². The zero-order valence-corrected chi connectivity index (χ0v) is 12.6. The quantitative estimate of drug-likeness (QED) is 0.851. The van der Waals surface area contributed by atoms with Crippen molar-refractivity contribution in [2.75, 3.05) is 13.2 Å². The minimum absolute atomic E-state index is 0.137. The van der Waals surface area contributed by atoms with Crippen LogP contribution < -0.4 is 10.1 Å². The number of carbonyl (C=O) groups excluding carboxylic acids is 2. The molecule has 0 aliphatic carbocycles. The summed E-state index contributed by atoms with van der Waals surface area (Å²) >= 11 is 3.37. The molecule has 0 bridgehead atoms. The van der Waals surface area contributed by atoms with E-state index in [1.54, 1.807) is 30.3 Å². The maximum absolute atomic E-state index is 12.5. The van der Waals surface area contributed by atoms with Gasteiger partial charge in [-0.05, 0) is 30.3 Å². The molecule has 2 aromatic carbocycles. The second-order valence-corrected chi connectivity index (χ2v) is 5.48. The van der Waals surface area contributed by atoms with Crippen LogP contribution in [0.15, 0.2) is 46.9 Å². The third-order valence-corrected chi connectivity index (χ3v) is 3.94. The van der Waals surface area contributed by atoms with Crippen molar-refractivity contribution in [3.8, 4) is 5.75 Å². The first-order valence-electron chi connectivity index (χ1n) is 6.51. The zero-order valence-electron chi connectivity index (χ0n) is 11.1. The van der Waals surface area contributed by atoms with Gasteiger partial charge in [0.2, 0.25) is 0 Å². The van der Waals surface area contributed by atoms with E-state index in [0.29, 0.717) is 35.6 Å². The molecule has 2 aromatic rings. The Hall–Kier alpha value is -2.14. The van der Waals surface area contributed by atoms with E-state index in [2.05, 4.69) is 21.2 Å². The van der Waals surface area contributed by atoms with Crippen LogP contribution in [0.2, 0.25) is 0 Å². The van der Waals surface area contributed by atoms with Crippen molar-refractivity contribution in [1.29, 1.82) is 0 Å². The Bertz CT molecular complexity index is 727. The van der Waals surface area contributed by atoms with Crippen LogP contribution in [0.25, 0.3) is 0 Å². The van der Waals surface area contributed by atoms with Crippen molar-refractivity contribution in [3.63, 3.8) is 0 Å². The van der Waals surface area contributed by atoms with Gasteiger partial charge in [-0.2, -0.15) is 0 Å². The van der Waals surface area contributed by atoms with Crippen LogP contribution in [0, 0.1) is 0 Å². The normalized spacial score (nSPS) is 13.7. The average Bonchev–Trinajstić information content (AvgIpc) is 2.69. The third kappa shape index (κ3) is 2.69. The highest BCUT2D eigenvalue weighted by Crippen LogP contribution is 2.25. The van der Waals surface area contributed by atoms with Crippen molar-refractivity contribution in [2.24, 2.45) is 0 Å². The lowest BCUT2D eigenvalue weighted by Gasteiger charge is -2.08. The van der Waals surface area contributed by atoms with Gasteiger partial charge >= 0.3 is 0 Å². The fraction of sp³-hybridized carbons (Fsp3) is 0.125. The van der Waals surface area contributed by atoms with Crippen LogP contribution in [0.5, 0.6) is 5.75 Å². The molecule has 1 heterocycles. The number of hydrogen-bond donors (Lipinski definition) is 1. The van der Waals surface area contributed by atoms with Gasteiger partial charge in [-0.1, -0.05) is 28.1 Å². The predicted molar refractivity (Wildman–Crippen MR) is 81.8 cm³/mol. The molecular formula is C16H12BrNO3. The summed E-state index contributed by atoms with van der Waals surface area (Å²) in [6.07, 6.45) is 0. The molecule has 21 heavy (non-hydrogen) atoms. The Labute approximate surface area is 130 Å². The van der Waals surface area contributed by atoms with Gasteiger partial charge in [-0.3, -0.25) is 9.59 Å². The Morgan fingerprint density at radius 3 is 2.81 bits per heavy atom. The van der Waals surface area contributed by atoms with E-state index in [1.807, 2.05) is 12.1 Å². The van der Waals surface area contributed by atoms with Gasteiger partial charge in [0, 0.05) is 15.6 Å². The van der Waals surface area contributed by atoms with E-state index in [-0.39, 0.29) is 11.7 Å². The molecule has 0 saturated heterocycles. The topological polar surface area (TPSA) is 55.4 Å². The number of ether oxygens (including phenoxy) is 1. The van der Waals surface area contributed by atoms with E-state index < -0.39 is 0 Å². The van der Waals surface area contributed by atoms with Crippen LogP contribution in [-0.2, 0) is 0 Å². The van der Waals surface area contributed by atoms with Crippen LogP contribution in [0.3, 0.4) is 0 Å². The van der Waals surface area contributed by atoms with Crippen molar-refractivity contribution in [1.82, 2.24) is 5.32 Å². The van der Waals surface area contributed by atoms with Crippen molar-refractivity contribution < 1.29 is 14.3 Å². The molecule has 3 rings (SSSR count).